The molecule has 12 aromatic rings. The fraction of sp³-hybridized carbons (Fsp3) is 0.0588. The molecule has 0 unspecified atom stereocenters. The van der Waals surface area contributed by atoms with Gasteiger partial charge in [0.15, 0.2) is 0 Å². The Morgan fingerprint density at radius 2 is 0.556 bits per heavy atom. The van der Waals surface area contributed by atoms with Gasteiger partial charge >= 0.3 is 0 Å². The first-order valence-corrected chi connectivity index (χ1v) is 24.5. The van der Waals surface area contributed by atoms with Crippen LogP contribution in [0.3, 0.4) is 0 Å². The molecule has 0 aliphatic heterocycles. The SMILES string of the molecule is Cc1ccc(-c2cc(-c3ccc(C)cc3)cc(N(c3ccccc3F)c3ccc4ccc5c(N(c6cc(-c7ccc(C)cc7)cc(-c7ccc(C)cc7)c6)c6ccccc6F)ccc6ccc3c4c65)c2)cc1. The fourth-order valence-electron chi connectivity index (χ4n) is 10.4. The molecule has 0 heterocycles. The van der Waals surface area contributed by atoms with Crippen LogP contribution in [0.4, 0.5) is 42.9 Å². The molecule has 12 rings (SSSR count). The molecule has 0 aromatic heterocycles. The van der Waals surface area contributed by atoms with Crippen molar-refractivity contribution in [1.82, 2.24) is 0 Å². The minimum Gasteiger partial charge on any atom is -0.307 e. The van der Waals surface area contributed by atoms with Crippen molar-refractivity contribution in [2.75, 3.05) is 9.80 Å². The molecular weight excluding hydrogens is 883 g/mol. The van der Waals surface area contributed by atoms with E-state index in [1.165, 1.54) is 34.4 Å². The Kier molecular flexibility index (Phi) is 11.2. The van der Waals surface area contributed by atoms with Crippen LogP contribution in [0.15, 0.2) is 231 Å². The summed E-state index contributed by atoms with van der Waals surface area (Å²) < 4.78 is 33.3. The lowest BCUT2D eigenvalue weighted by Gasteiger charge is -2.30. The molecule has 2 nitrogen and oxygen atoms in total. The van der Waals surface area contributed by atoms with E-state index in [-0.39, 0.29) is 11.6 Å². The van der Waals surface area contributed by atoms with Gasteiger partial charge in [-0.1, -0.05) is 180 Å². The van der Waals surface area contributed by atoms with E-state index in [1.54, 1.807) is 12.1 Å². The number of hydrogen-bond donors (Lipinski definition) is 0. The zero-order valence-corrected chi connectivity index (χ0v) is 40.6. The third-order valence-corrected chi connectivity index (χ3v) is 14.2. The lowest BCUT2D eigenvalue weighted by atomic mass is 9.91. The lowest BCUT2D eigenvalue weighted by Crippen LogP contribution is -2.13. The number of benzene rings is 12. The molecule has 0 spiro atoms. The third kappa shape index (κ3) is 8.11. The molecule has 12 aromatic carbocycles. The third-order valence-electron chi connectivity index (χ3n) is 14.2. The molecule has 0 N–H and O–H groups in total. The first kappa shape index (κ1) is 44.4. The van der Waals surface area contributed by atoms with Crippen LogP contribution in [-0.4, -0.2) is 0 Å². The van der Waals surface area contributed by atoms with Gasteiger partial charge in [-0.25, -0.2) is 8.78 Å². The zero-order chi connectivity index (χ0) is 49.0. The summed E-state index contributed by atoms with van der Waals surface area (Å²) in [6, 6.07) is 78.7. The average Bonchev–Trinajstić information content (AvgIpc) is 3.40. The van der Waals surface area contributed by atoms with Gasteiger partial charge in [-0.2, -0.15) is 0 Å². The Hall–Kier alpha value is -8.86. The summed E-state index contributed by atoms with van der Waals surface area (Å²) in [6.07, 6.45) is 0. The summed E-state index contributed by atoms with van der Waals surface area (Å²) in [5, 5.41) is 6.11. The van der Waals surface area contributed by atoms with Crippen LogP contribution in [0.5, 0.6) is 0 Å². The molecule has 0 amide bonds. The maximum atomic E-state index is 16.7. The van der Waals surface area contributed by atoms with Crippen molar-refractivity contribution in [2.45, 2.75) is 27.7 Å². The van der Waals surface area contributed by atoms with Crippen molar-refractivity contribution in [1.29, 1.82) is 0 Å². The van der Waals surface area contributed by atoms with E-state index in [4.69, 9.17) is 0 Å². The first-order chi connectivity index (χ1) is 35.1. The Labute approximate surface area is 419 Å². The number of hydrogen-bond acceptors (Lipinski definition) is 2. The van der Waals surface area contributed by atoms with E-state index < -0.39 is 0 Å². The van der Waals surface area contributed by atoms with Gasteiger partial charge in [0.1, 0.15) is 11.6 Å². The Bertz CT molecular complexity index is 3580. The van der Waals surface area contributed by atoms with Gasteiger partial charge in [0.2, 0.25) is 0 Å². The highest BCUT2D eigenvalue weighted by molar-refractivity contribution is 6.28. The van der Waals surface area contributed by atoms with E-state index in [2.05, 4.69) is 219 Å². The van der Waals surface area contributed by atoms with E-state index in [1.807, 2.05) is 24.3 Å². The molecule has 0 atom stereocenters. The standard InChI is InChI=1S/C68H50F2N2/c1-43-13-21-47(22-14-43)53-37-54(48-23-15-44(2)16-24-48)40-57(39-53)71(65-11-7-5-9-61(65)69)63-35-31-51-30-34-60-64(36-32-52-29-33-59(63)67(51)68(52)60)72(66-12-8-6-10-62(66)70)58-41-55(49-25-17-45(3)18-26-49)38-56(42-58)50-27-19-46(4)20-28-50/h5-42H,1-4H3. The van der Waals surface area contributed by atoms with Gasteiger partial charge in [-0.15, -0.1) is 0 Å². The van der Waals surface area contributed by atoms with Crippen molar-refractivity contribution < 1.29 is 8.78 Å². The molecule has 0 saturated carbocycles. The van der Waals surface area contributed by atoms with Gasteiger partial charge in [0, 0.05) is 22.1 Å². The summed E-state index contributed by atoms with van der Waals surface area (Å²) in [5.41, 5.74) is 17.3. The normalized spacial score (nSPS) is 11.5. The minimum atomic E-state index is -0.332. The molecule has 346 valence electrons. The summed E-state index contributed by atoms with van der Waals surface area (Å²) in [5.74, 6) is -0.664. The minimum absolute atomic E-state index is 0.332. The van der Waals surface area contributed by atoms with Crippen molar-refractivity contribution in [2.24, 2.45) is 0 Å². The molecule has 0 aliphatic rings. The average molecular weight is 933 g/mol. The number of rotatable bonds is 10. The highest BCUT2D eigenvalue weighted by Gasteiger charge is 2.25. The number of halogens is 2. The lowest BCUT2D eigenvalue weighted by molar-refractivity contribution is 0.628. The molecule has 0 aliphatic carbocycles. The number of anilines is 6. The van der Waals surface area contributed by atoms with Gasteiger partial charge in [-0.05, 0) is 167 Å². The monoisotopic (exact) mass is 932 g/mol. The number of aryl methyl sites for hydroxylation is 4. The smallest absolute Gasteiger partial charge is 0.147 e. The molecule has 0 fully saturated rings. The van der Waals surface area contributed by atoms with Gasteiger partial charge in [-0.3, -0.25) is 0 Å². The van der Waals surface area contributed by atoms with Gasteiger partial charge < -0.3 is 9.80 Å². The van der Waals surface area contributed by atoms with Crippen LogP contribution in [-0.2, 0) is 0 Å². The number of nitrogens with zero attached hydrogens (tertiary/aromatic N) is 2. The van der Waals surface area contributed by atoms with Crippen molar-refractivity contribution in [3.63, 3.8) is 0 Å². The zero-order valence-electron chi connectivity index (χ0n) is 40.6. The second-order valence-corrected chi connectivity index (χ2v) is 19.2. The predicted molar refractivity (Wildman–Crippen MR) is 300 cm³/mol. The quantitative estimate of drug-likeness (QED) is 0.126. The fourth-order valence-corrected chi connectivity index (χ4v) is 10.4. The highest BCUT2D eigenvalue weighted by atomic mass is 19.1. The predicted octanol–water partition coefficient (Wildman–Crippen LogP) is 19.7. The van der Waals surface area contributed by atoms with Crippen LogP contribution in [0.1, 0.15) is 22.3 Å². The van der Waals surface area contributed by atoms with E-state index in [0.29, 0.717) is 11.4 Å². The van der Waals surface area contributed by atoms with Gasteiger partial charge in [0.05, 0.1) is 22.7 Å². The van der Waals surface area contributed by atoms with E-state index >= 15 is 8.78 Å². The summed E-state index contributed by atoms with van der Waals surface area (Å²) in [7, 11) is 0. The van der Waals surface area contributed by atoms with Crippen LogP contribution in [0.25, 0.3) is 76.8 Å². The highest BCUT2D eigenvalue weighted by Crippen LogP contribution is 2.50. The summed E-state index contributed by atoms with van der Waals surface area (Å²) >= 11 is 0. The van der Waals surface area contributed by atoms with Crippen molar-refractivity contribution >= 4 is 66.4 Å². The number of para-hydroxylation sites is 2. The summed E-state index contributed by atoms with van der Waals surface area (Å²) in [4.78, 5) is 4.15. The molecule has 0 radical (unpaired) electrons. The first-order valence-electron chi connectivity index (χ1n) is 24.5. The van der Waals surface area contributed by atoms with E-state index in [0.717, 1.165) is 99.6 Å². The maximum Gasteiger partial charge on any atom is 0.147 e. The second kappa shape index (κ2) is 18.1. The molecular formula is C68H50F2N2. The van der Waals surface area contributed by atoms with Crippen LogP contribution in [0.2, 0.25) is 0 Å². The molecule has 72 heavy (non-hydrogen) atoms. The van der Waals surface area contributed by atoms with Crippen LogP contribution in [0, 0.1) is 39.3 Å². The van der Waals surface area contributed by atoms with Crippen molar-refractivity contribution in [3.8, 4) is 44.5 Å². The molecule has 4 heteroatoms. The Morgan fingerprint density at radius 3 is 0.861 bits per heavy atom. The van der Waals surface area contributed by atoms with Gasteiger partial charge in [0.25, 0.3) is 0 Å². The molecule has 0 saturated heterocycles. The second-order valence-electron chi connectivity index (χ2n) is 19.2. The van der Waals surface area contributed by atoms with Crippen molar-refractivity contribution in [3.05, 3.63) is 264 Å². The molecule has 0 bridgehead atoms. The van der Waals surface area contributed by atoms with Crippen LogP contribution < -0.4 is 9.80 Å². The largest absolute Gasteiger partial charge is 0.307 e. The topological polar surface area (TPSA) is 6.48 Å². The summed E-state index contributed by atoms with van der Waals surface area (Å²) in [6.45, 7) is 8.38. The Balaban J connectivity index is 1.11. The maximum absolute atomic E-state index is 16.7. The Morgan fingerprint density at radius 1 is 0.264 bits per heavy atom. The van der Waals surface area contributed by atoms with E-state index in [9.17, 15) is 0 Å². The van der Waals surface area contributed by atoms with Crippen LogP contribution >= 0.6 is 0 Å².